The van der Waals surface area contributed by atoms with Crippen LogP contribution >= 0.6 is 11.8 Å². The summed E-state index contributed by atoms with van der Waals surface area (Å²) >= 11 is 1.60. The lowest BCUT2D eigenvalue weighted by atomic mass is 10.3. The molecule has 0 aliphatic carbocycles. The van der Waals surface area contributed by atoms with E-state index in [4.69, 9.17) is 9.47 Å². The molecule has 0 spiro atoms. The molecule has 0 saturated carbocycles. The number of nitrogens with zero attached hydrogens (tertiary/aromatic N) is 3. The standard InChI is InChI=1S/C10H19N3O2S/c1-4-5-6-13-10(11-8-12-13)16-7-9(14-2)15-3/h8-9H,4-7H2,1-3H3. The van der Waals surface area contributed by atoms with Crippen LogP contribution in [0.3, 0.4) is 0 Å². The molecule has 0 aromatic carbocycles. The SMILES string of the molecule is CCCCn1ncnc1SCC(OC)OC. The summed E-state index contributed by atoms with van der Waals surface area (Å²) in [6.45, 7) is 3.08. The molecule has 92 valence electrons. The van der Waals surface area contributed by atoms with Crippen molar-refractivity contribution in [3.8, 4) is 0 Å². The third-order valence-electron chi connectivity index (χ3n) is 2.18. The van der Waals surface area contributed by atoms with Crippen LogP contribution in [-0.4, -0.2) is 41.0 Å². The molecule has 0 N–H and O–H groups in total. The molecule has 0 radical (unpaired) electrons. The van der Waals surface area contributed by atoms with Gasteiger partial charge in [-0.25, -0.2) is 9.67 Å². The Labute approximate surface area is 101 Å². The first kappa shape index (κ1) is 13.5. The van der Waals surface area contributed by atoms with Gasteiger partial charge >= 0.3 is 0 Å². The highest BCUT2D eigenvalue weighted by atomic mass is 32.2. The molecule has 0 unspecified atom stereocenters. The second-order valence-corrected chi connectivity index (χ2v) is 4.32. The van der Waals surface area contributed by atoms with Gasteiger partial charge in [-0.15, -0.1) is 0 Å². The van der Waals surface area contributed by atoms with E-state index in [1.807, 2.05) is 4.68 Å². The minimum Gasteiger partial charge on any atom is -0.355 e. The predicted molar refractivity (Wildman–Crippen MR) is 63.5 cm³/mol. The average molecular weight is 245 g/mol. The van der Waals surface area contributed by atoms with E-state index < -0.39 is 0 Å². The van der Waals surface area contributed by atoms with Gasteiger partial charge in [0.1, 0.15) is 6.33 Å². The van der Waals surface area contributed by atoms with E-state index in [2.05, 4.69) is 17.0 Å². The maximum Gasteiger partial charge on any atom is 0.186 e. The summed E-state index contributed by atoms with van der Waals surface area (Å²) in [6, 6.07) is 0. The molecule has 0 atom stereocenters. The van der Waals surface area contributed by atoms with Crippen LogP contribution < -0.4 is 0 Å². The number of rotatable bonds is 8. The molecule has 5 nitrogen and oxygen atoms in total. The number of methoxy groups -OCH3 is 2. The van der Waals surface area contributed by atoms with Crippen LogP contribution in [0.4, 0.5) is 0 Å². The van der Waals surface area contributed by atoms with Crippen LogP contribution in [-0.2, 0) is 16.0 Å². The Morgan fingerprint density at radius 3 is 2.81 bits per heavy atom. The Morgan fingerprint density at radius 1 is 1.44 bits per heavy atom. The van der Waals surface area contributed by atoms with Gasteiger partial charge in [0.15, 0.2) is 11.4 Å². The second-order valence-electron chi connectivity index (χ2n) is 3.33. The Bertz CT molecular complexity index is 289. The second kappa shape index (κ2) is 7.65. The minimum absolute atomic E-state index is 0.193. The van der Waals surface area contributed by atoms with Crippen molar-refractivity contribution in [2.45, 2.75) is 37.8 Å². The van der Waals surface area contributed by atoms with Crippen molar-refractivity contribution in [1.82, 2.24) is 14.8 Å². The summed E-state index contributed by atoms with van der Waals surface area (Å²) in [5.41, 5.74) is 0. The highest BCUT2D eigenvalue weighted by Crippen LogP contribution is 2.17. The number of thioether (sulfide) groups is 1. The largest absolute Gasteiger partial charge is 0.355 e. The highest BCUT2D eigenvalue weighted by Gasteiger charge is 2.10. The van der Waals surface area contributed by atoms with E-state index in [-0.39, 0.29) is 6.29 Å². The van der Waals surface area contributed by atoms with Crippen LogP contribution in [0.15, 0.2) is 11.5 Å². The molecular weight excluding hydrogens is 226 g/mol. The molecule has 0 bridgehead atoms. The Kier molecular flexibility index (Phi) is 6.44. The van der Waals surface area contributed by atoms with Crippen LogP contribution in [0.1, 0.15) is 19.8 Å². The summed E-state index contributed by atoms with van der Waals surface area (Å²) in [6.07, 6.45) is 3.67. The lowest BCUT2D eigenvalue weighted by Gasteiger charge is -2.12. The van der Waals surface area contributed by atoms with Crippen molar-refractivity contribution in [3.05, 3.63) is 6.33 Å². The molecule has 1 aromatic heterocycles. The Hall–Kier alpha value is -0.590. The highest BCUT2D eigenvalue weighted by molar-refractivity contribution is 7.99. The smallest absolute Gasteiger partial charge is 0.186 e. The number of aromatic nitrogens is 3. The van der Waals surface area contributed by atoms with Gasteiger partial charge in [-0.3, -0.25) is 0 Å². The van der Waals surface area contributed by atoms with Gasteiger partial charge in [0, 0.05) is 20.8 Å². The minimum atomic E-state index is -0.193. The molecule has 16 heavy (non-hydrogen) atoms. The van der Waals surface area contributed by atoms with E-state index in [1.54, 1.807) is 32.3 Å². The van der Waals surface area contributed by atoms with E-state index in [1.165, 1.54) is 0 Å². The van der Waals surface area contributed by atoms with Gasteiger partial charge in [-0.2, -0.15) is 5.10 Å². The van der Waals surface area contributed by atoms with E-state index >= 15 is 0 Å². The number of ether oxygens (including phenoxy) is 2. The van der Waals surface area contributed by atoms with Crippen molar-refractivity contribution >= 4 is 11.8 Å². The summed E-state index contributed by atoms with van der Waals surface area (Å²) < 4.78 is 12.2. The van der Waals surface area contributed by atoms with Crippen molar-refractivity contribution in [1.29, 1.82) is 0 Å². The Balaban J connectivity index is 2.43. The first-order chi connectivity index (χ1) is 7.81. The molecule has 6 heteroatoms. The van der Waals surface area contributed by atoms with E-state index in [0.29, 0.717) is 0 Å². The fraction of sp³-hybridized carbons (Fsp3) is 0.800. The zero-order valence-corrected chi connectivity index (χ0v) is 10.9. The molecule has 0 aliphatic rings. The molecular formula is C10H19N3O2S. The number of hydrogen-bond acceptors (Lipinski definition) is 5. The predicted octanol–water partition coefficient (Wildman–Crippen LogP) is 1.79. The summed E-state index contributed by atoms with van der Waals surface area (Å²) in [4.78, 5) is 4.21. The molecule has 1 heterocycles. The lowest BCUT2D eigenvalue weighted by Crippen LogP contribution is -2.16. The fourth-order valence-corrected chi connectivity index (χ4v) is 2.17. The zero-order valence-electron chi connectivity index (χ0n) is 10.0. The molecule has 0 saturated heterocycles. The van der Waals surface area contributed by atoms with Gasteiger partial charge in [0.2, 0.25) is 0 Å². The maximum atomic E-state index is 5.12. The van der Waals surface area contributed by atoms with Crippen LogP contribution in [0.5, 0.6) is 0 Å². The molecule has 0 amide bonds. The first-order valence-electron chi connectivity index (χ1n) is 5.38. The van der Waals surface area contributed by atoms with Gasteiger partial charge in [-0.1, -0.05) is 25.1 Å². The molecule has 1 rings (SSSR count). The molecule has 0 fully saturated rings. The molecule has 0 aliphatic heterocycles. The number of hydrogen-bond donors (Lipinski definition) is 0. The summed E-state index contributed by atoms with van der Waals surface area (Å²) in [5, 5.41) is 5.11. The summed E-state index contributed by atoms with van der Waals surface area (Å²) in [5.74, 6) is 0.720. The lowest BCUT2D eigenvalue weighted by molar-refractivity contribution is -0.0842. The van der Waals surface area contributed by atoms with Gasteiger partial charge in [0.25, 0.3) is 0 Å². The van der Waals surface area contributed by atoms with Gasteiger partial charge in [0.05, 0.1) is 5.75 Å². The van der Waals surface area contributed by atoms with Crippen molar-refractivity contribution in [2.24, 2.45) is 0 Å². The third kappa shape index (κ3) is 4.11. The maximum absolute atomic E-state index is 5.12. The van der Waals surface area contributed by atoms with Gasteiger partial charge in [-0.05, 0) is 6.42 Å². The first-order valence-corrected chi connectivity index (χ1v) is 6.36. The number of unbranched alkanes of at least 4 members (excludes halogenated alkanes) is 1. The van der Waals surface area contributed by atoms with E-state index in [9.17, 15) is 0 Å². The third-order valence-corrected chi connectivity index (χ3v) is 3.19. The van der Waals surface area contributed by atoms with Crippen molar-refractivity contribution in [3.63, 3.8) is 0 Å². The molecule has 1 aromatic rings. The van der Waals surface area contributed by atoms with E-state index in [0.717, 1.165) is 30.3 Å². The van der Waals surface area contributed by atoms with Crippen LogP contribution in [0.2, 0.25) is 0 Å². The topological polar surface area (TPSA) is 49.2 Å². The quantitative estimate of drug-likeness (QED) is 0.516. The Morgan fingerprint density at radius 2 is 2.19 bits per heavy atom. The van der Waals surface area contributed by atoms with Crippen molar-refractivity contribution in [2.75, 3.05) is 20.0 Å². The van der Waals surface area contributed by atoms with Crippen LogP contribution in [0, 0.1) is 0 Å². The monoisotopic (exact) mass is 245 g/mol. The fourth-order valence-electron chi connectivity index (χ4n) is 1.20. The van der Waals surface area contributed by atoms with Gasteiger partial charge < -0.3 is 9.47 Å². The van der Waals surface area contributed by atoms with Crippen LogP contribution in [0.25, 0.3) is 0 Å². The average Bonchev–Trinajstić information content (AvgIpc) is 2.75. The normalized spacial score (nSPS) is 11.2. The van der Waals surface area contributed by atoms with Crippen molar-refractivity contribution < 1.29 is 9.47 Å². The number of aryl methyl sites for hydroxylation is 1. The summed E-state index contributed by atoms with van der Waals surface area (Å²) in [7, 11) is 3.27. The zero-order chi connectivity index (χ0) is 11.8.